The predicted molar refractivity (Wildman–Crippen MR) is 114 cm³/mol. The minimum atomic E-state index is -0.687. The summed E-state index contributed by atoms with van der Waals surface area (Å²) in [6.45, 7) is 2.52. The number of nitrogens with two attached hydrogens (primary N) is 1. The van der Waals surface area contributed by atoms with Gasteiger partial charge in [0, 0.05) is 17.5 Å². The van der Waals surface area contributed by atoms with E-state index in [2.05, 4.69) is 22.2 Å². The van der Waals surface area contributed by atoms with Crippen LogP contribution in [-0.4, -0.2) is 30.1 Å². The van der Waals surface area contributed by atoms with Crippen molar-refractivity contribution in [2.45, 2.75) is 26.3 Å². The van der Waals surface area contributed by atoms with E-state index in [1.54, 1.807) is 20.3 Å². The van der Waals surface area contributed by atoms with Crippen molar-refractivity contribution in [3.05, 3.63) is 52.3 Å². The Balaban J connectivity index is 2.05. The van der Waals surface area contributed by atoms with Gasteiger partial charge in [0.25, 0.3) is 5.91 Å². The lowest BCUT2D eigenvalue weighted by Gasteiger charge is -2.15. The van der Waals surface area contributed by atoms with Crippen LogP contribution in [-0.2, 0) is 13.0 Å². The Morgan fingerprint density at radius 2 is 1.86 bits per heavy atom. The number of aryl methyl sites for hydroxylation is 1. The predicted octanol–water partition coefficient (Wildman–Crippen LogP) is 3.96. The minimum absolute atomic E-state index is 0.0432. The molecule has 29 heavy (non-hydrogen) atoms. The van der Waals surface area contributed by atoms with Crippen LogP contribution in [0.3, 0.4) is 0 Å². The normalized spacial score (nSPS) is 10.8. The van der Waals surface area contributed by atoms with E-state index in [4.69, 9.17) is 26.8 Å². The summed E-state index contributed by atoms with van der Waals surface area (Å²) in [7, 11) is 3.18. The standard InChI is InChI=1S/C21H23ClN4O3/c1-4-5-13-16(28-2)9-7-14-18(13)25-21(19(23)27)26-20(14)24-11-12-6-8-17(29-3)15(22)10-12/h6-10H,4-5,11H2,1-3H3,(H2,23,27)(H,24,25,26). The van der Waals surface area contributed by atoms with Crippen LogP contribution in [0.15, 0.2) is 30.3 Å². The SMILES string of the molecule is CCCc1c(OC)ccc2c(NCc3ccc(OC)c(Cl)c3)nc(C(N)=O)nc12. The van der Waals surface area contributed by atoms with Gasteiger partial charge in [0.2, 0.25) is 5.82 Å². The number of nitrogens with one attached hydrogen (secondary N) is 1. The van der Waals surface area contributed by atoms with Crippen LogP contribution in [0.2, 0.25) is 5.02 Å². The van der Waals surface area contributed by atoms with Gasteiger partial charge in [-0.15, -0.1) is 0 Å². The molecule has 0 aliphatic rings. The second-order valence-corrected chi connectivity index (χ2v) is 6.88. The Bertz CT molecular complexity index is 1060. The maximum atomic E-state index is 11.8. The molecule has 3 N–H and O–H groups in total. The Morgan fingerprint density at radius 3 is 2.48 bits per heavy atom. The van der Waals surface area contributed by atoms with Crippen LogP contribution < -0.4 is 20.5 Å². The van der Waals surface area contributed by atoms with E-state index in [1.807, 2.05) is 24.3 Å². The third-order valence-corrected chi connectivity index (χ3v) is 4.84. The number of carbonyl (C=O) groups is 1. The maximum Gasteiger partial charge on any atom is 0.286 e. The molecular formula is C21H23ClN4O3. The first-order valence-corrected chi connectivity index (χ1v) is 9.60. The minimum Gasteiger partial charge on any atom is -0.496 e. The zero-order chi connectivity index (χ0) is 21.0. The highest BCUT2D eigenvalue weighted by atomic mass is 35.5. The summed E-state index contributed by atoms with van der Waals surface area (Å²) in [5.41, 5.74) is 7.99. The van der Waals surface area contributed by atoms with Crippen LogP contribution in [0.1, 0.15) is 35.1 Å². The molecule has 2 aromatic carbocycles. The van der Waals surface area contributed by atoms with E-state index in [0.717, 1.165) is 35.1 Å². The summed E-state index contributed by atoms with van der Waals surface area (Å²) in [6, 6.07) is 9.28. The smallest absolute Gasteiger partial charge is 0.286 e. The van der Waals surface area contributed by atoms with Crippen molar-refractivity contribution in [3.8, 4) is 11.5 Å². The van der Waals surface area contributed by atoms with E-state index >= 15 is 0 Å². The molecule has 0 fully saturated rings. The molecule has 0 spiro atoms. The monoisotopic (exact) mass is 414 g/mol. The molecule has 0 atom stereocenters. The molecule has 0 unspecified atom stereocenters. The topological polar surface area (TPSA) is 99.4 Å². The van der Waals surface area contributed by atoms with Crippen molar-refractivity contribution in [1.29, 1.82) is 0 Å². The number of hydrogen-bond acceptors (Lipinski definition) is 6. The number of halogens is 1. The van der Waals surface area contributed by atoms with Crippen molar-refractivity contribution in [2.75, 3.05) is 19.5 Å². The lowest BCUT2D eigenvalue weighted by molar-refractivity contribution is 0.0991. The number of ether oxygens (including phenoxy) is 2. The van der Waals surface area contributed by atoms with Gasteiger partial charge in [0.05, 0.1) is 24.8 Å². The van der Waals surface area contributed by atoms with Crippen LogP contribution >= 0.6 is 11.6 Å². The Kier molecular flexibility index (Phi) is 6.39. The molecule has 1 heterocycles. The van der Waals surface area contributed by atoms with E-state index in [0.29, 0.717) is 28.7 Å². The lowest BCUT2D eigenvalue weighted by Crippen LogP contribution is -2.17. The van der Waals surface area contributed by atoms with Gasteiger partial charge in [-0.05, 0) is 36.2 Å². The van der Waals surface area contributed by atoms with Gasteiger partial charge < -0.3 is 20.5 Å². The second kappa shape index (κ2) is 8.96. The molecule has 8 heteroatoms. The first-order valence-electron chi connectivity index (χ1n) is 9.22. The Labute approximate surface area is 174 Å². The first kappa shape index (κ1) is 20.7. The number of fused-ring (bicyclic) bond motifs is 1. The van der Waals surface area contributed by atoms with Crippen LogP contribution in [0.5, 0.6) is 11.5 Å². The molecule has 0 aliphatic heterocycles. The molecular weight excluding hydrogens is 392 g/mol. The van der Waals surface area contributed by atoms with Crippen molar-refractivity contribution < 1.29 is 14.3 Å². The highest BCUT2D eigenvalue weighted by molar-refractivity contribution is 6.32. The van der Waals surface area contributed by atoms with Gasteiger partial charge in [-0.2, -0.15) is 0 Å². The number of primary amides is 1. The van der Waals surface area contributed by atoms with Gasteiger partial charge >= 0.3 is 0 Å². The van der Waals surface area contributed by atoms with Crippen molar-refractivity contribution in [2.24, 2.45) is 5.73 Å². The quantitative estimate of drug-likeness (QED) is 0.578. The van der Waals surface area contributed by atoms with Crippen molar-refractivity contribution in [3.63, 3.8) is 0 Å². The summed E-state index contributed by atoms with van der Waals surface area (Å²) in [4.78, 5) is 20.6. The number of hydrogen-bond donors (Lipinski definition) is 2. The van der Waals surface area contributed by atoms with Gasteiger partial charge in [0.1, 0.15) is 17.3 Å². The molecule has 0 radical (unpaired) electrons. The summed E-state index contributed by atoms with van der Waals surface area (Å²) >= 11 is 6.21. The molecule has 1 aromatic heterocycles. The Morgan fingerprint density at radius 1 is 1.14 bits per heavy atom. The fourth-order valence-corrected chi connectivity index (χ4v) is 3.45. The fraction of sp³-hybridized carbons (Fsp3) is 0.286. The number of amides is 1. The largest absolute Gasteiger partial charge is 0.496 e. The molecule has 1 amide bonds. The van der Waals surface area contributed by atoms with Gasteiger partial charge in [-0.3, -0.25) is 4.79 Å². The maximum absolute atomic E-state index is 11.8. The number of methoxy groups -OCH3 is 2. The highest BCUT2D eigenvalue weighted by Gasteiger charge is 2.17. The van der Waals surface area contributed by atoms with Gasteiger partial charge in [-0.1, -0.05) is 31.0 Å². The first-order chi connectivity index (χ1) is 14.0. The summed E-state index contributed by atoms with van der Waals surface area (Å²) in [5.74, 6) is 1.12. The Hall–Kier alpha value is -3.06. The molecule has 3 aromatic rings. The summed E-state index contributed by atoms with van der Waals surface area (Å²) in [5, 5.41) is 4.58. The lowest BCUT2D eigenvalue weighted by atomic mass is 10.0. The third-order valence-electron chi connectivity index (χ3n) is 4.55. The average Bonchev–Trinajstić information content (AvgIpc) is 2.72. The van der Waals surface area contributed by atoms with Crippen LogP contribution in [0, 0.1) is 0 Å². The molecule has 0 aliphatic carbocycles. The van der Waals surface area contributed by atoms with Crippen LogP contribution in [0.25, 0.3) is 10.9 Å². The van der Waals surface area contributed by atoms with E-state index in [-0.39, 0.29) is 5.82 Å². The van der Waals surface area contributed by atoms with Crippen LogP contribution in [0.4, 0.5) is 5.82 Å². The molecule has 7 nitrogen and oxygen atoms in total. The van der Waals surface area contributed by atoms with E-state index < -0.39 is 5.91 Å². The zero-order valence-electron chi connectivity index (χ0n) is 16.6. The molecule has 0 saturated heterocycles. The second-order valence-electron chi connectivity index (χ2n) is 6.48. The van der Waals surface area contributed by atoms with Crippen molar-refractivity contribution >= 4 is 34.2 Å². The number of anilines is 1. The number of nitrogens with zero attached hydrogens (tertiary/aromatic N) is 2. The summed E-state index contributed by atoms with van der Waals surface area (Å²) in [6.07, 6.45) is 1.65. The molecule has 0 saturated carbocycles. The number of benzene rings is 2. The number of carbonyl (C=O) groups excluding carboxylic acids is 1. The third kappa shape index (κ3) is 4.35. The molecule has 3 rings (SSSR count). The zero-order valence-corrected chi connectivity index (χ0v) is 17.3. The highest BCUT2D eigenvalue weighted by Crippen LogP contribution is 2.32. The number of aromatic nitrogens is 2. The van der Waals surface area contributed by atoms with E-state index in [1.165, 1.54) is 0 Å². The van der Waals surface area contributed by atoms with Gasteiger partial charge in [-0.25, -0.2) is 9.97 Å². The fourth-order valence-electron chi connectivity index (χ4n) is 3.17. The van der Waals surface area contributed by atoms with Crippen molar-refractivity contribution in [1.82, 2.24) is 9.97 Å². The number of rotatable bonds is 8. The average molecular weight is 415 g/mol. The van der Waals surface area contributed by atoms with Gasteiger partial charge in [0.15, 0.2) is 0 Å². The molecule has 0 bridgehead atoms. The van der Waals surface area contributed by atoms with E-state index in [9.17, 15) is 4.79 Å². The molecule has 152 valence electrons. The summed E-state index contributed by atoms with van der Waals surface area (Å²) < 4.78 is 10.7.